The fraction of sp³-hybridized carbons (Fsp3) is 0.148. The first-order valence-corrected chi connectivity index (χ1v) is 13.9. The predicted octanol–water partition coefficient (Wildman–Crippen LogP) is 7.73. The number of aromatic hydroxyl groups is 1. The molecule has 3 N–H and O–H groups in total. The highest BCUT2D eigenvalue weighted by molar-refractivity contribution is 7.85. The molecular formula is C27H23Cl2N3O6S. The van der Waals surface area contributed by atoms with E-state index in [0.717, 1.165) is 6.07 Å². The second kappa shape index (κ2) is 11.6. The minimum Gasteiger partial charge on any atom is -0.505 e. The minimum absolute atomic E-state index is 0.0179. The summed E-state index contributed by atoms with van der Waals surface area (Å²) in [6, 6.07) is 15.7. The molecule has 0 saturated carbocycles. The molecule has 0 aliphatic carbocycles. The number of rotatable bonds is 8. The van der Waals surface area contributed by atoms with E-state index in [9.17, 15) is 22.9 Å². The number of ether oxygens (including phenoxy) is 1. The second-order valence-corrected chi connectivity index (χ2v) is 10.5. The van der Waals surface area contributed by atoms with Gasteiger partial charge in [-0.25, -0.2) is 0 Å². The highest BCUT2D eigenvalue weighted by Gasteiger charge is 2.21. The zero-order valence-corrected chi connectivity index (χ0v) is 23.1. The molecule has 0 fully saturated rings. The molecule has 0 radical (unpaired) electrons. The lowest BCUT2D eigenvalue weighted by molar-refractivity contribution is 0.102. The Labute approximate surface area is 234 Å². The summed E-state index contributed by atoms with van der Waals surface area (Å²) in [5, 5.41) is 23.4. The third-order valence-corrected chi connectivity index (χ3v) is 7.35. The first-order chi connectivity index (χ1) is 18.5. The van der Waals surface area contributed by atoms with Gasteiger partial charge in [0.05, 0.1) is 28.6 Å². The number of azo groups is 1. The van der Waals surface area contributed by atoms with Crippen molar-refractivity contribution in [3.8, 4) is 11.5 Å². The molecule has 0 heterocycles. The highest BCUT2D eigenvalue weighted by atomic mass is 35.5. The van der Waals surface area contributed by atoms with E-state index in [2.05, 4.69) is 15.5 Å². The zero-order valence-electron chi connectivity index (χ0n) is 20.8. The lowest BCUT2D eigenvalue weighted by atomic mass is 10.0. The van der Waals surface area contributed by atoms with Crippen molar-refractivity contribution < 1.29 is 27.6 Å². The molecule has 9 nitrogen and oxygen atoms in total. The number of halogens is 2. The number of fused-ring (bicyclic) bond motifs is 1. The first kappa shape index (κ1) is 28.3. The van der Waals surface area contributed by atoms with E-state index < -0.39 is 21.8 Å². The van der Waals surface area contributed by atoms with Crippen LogP contribution in [0.5, 0.6) is 11.5 Å². The minimum atomic E-state index is -4.58. The average Bonchev–Trinajstić information content (AvgIpc) is 2.88. The van der Waals surface area contributed by atoms with Crippen LogP contribution in [0.4, 0.5) is 17.1 Å². The van der Waals surface area contributed by atoms with E-state index in [-0.39, 0.29) is 43.9 Å². The summed E-state index contributed by atoms with van der Waals surface area (Å²) in [5.41, 5.74) is 0.442. The quantitative estimate of drug-likeness (QED) is 0.142. The Hall–Kier alpha value is -3.70. The van der Waals surface area contributed by atoms with Crippen molar-refractivity contribution in [3.05, 3.63) is 81.8 Å². The fourth-order valence-corrected chi connectivity index (χ4v) is 5.43. The molecule has 0 unspecified atom stereocenters. The number of nitrogens with one attached hydrogen (secondary N) is 1. The van der Waals surface area contributed by atoms with Crippen molar-refractivity contribution in [2.75, 3.05) is 11.9 Å². The van der Waals surface area contributed by atoms with Crippen molar-refractivity contribution in [2.24, 2.45) is 10.2 Å². The van der Waals surface area contributed by atoms with Gasteiger partial charge in [0.2, 0.25) is 0 Å². The van der Waals surface area contributed by atoms with E-state index in [1.165, 1.54) is 12.1 Å². The number of anilines is 1. The Balaban J connectivity index is 1.77. The number of hydrogen-bond acceptors (Lipinski definition) is 7. The predicted molar refractivity (Wildman–Crippen MR) is 151 cm³/mol. The number of phenolic OH excluding ortho intramolecular Hbond substituents is 1. The van der Waals surface area contributed by atoms with Crippen LogP contribution >= 0.6 is 23.2 Å². The summed E-state index contributed by atoms with van der Waals surface area (Å²) in [5.74, 6) is -0.561. The summed E-state index contributed by atoms with van der Waals surface area (Å²) in [6.45, 7) is 3.98. The van der Waals surface area contributed by atoms with Crippen molar-refractivity contribution in [3.63, 3.8) is 0 Å². The summed E-state index contributed by atoms with van der Waals surface area (Å²) < 4.78 is 38.8. The van der Waals surface area contributed by atoms with Crippen LogP contribution < -0.4 is 10.1 Å². The number of carbonyl (C=O) groups is 1. The Kier molecular flexibility index (Phi) is 8.41. The largest absolute Gasteiger partial charge is 0.505 e. The van der Waals surface area contributed by atoms with Gasteiger partial charge in [0.15, 0.2) is 5.75 Å². The van der Waals surface area contributed by atoms with Gasteiger partial charge < -0.3 is 15.2 Å². The van der Waals surface area contributed by atoms with Gasteiger partial charge in [-0.3, -0.25) is 9.35 Å². The van der Waals surface area contributed by atoms with Crippen molar-refractivity contribution in [1.82, 2.24) is 0 Å². The summed E-state index contributed by atoms with van der Waals surface area (Å²) in [6.07, 6.45) is 0.256. The number of carbonyl (C=O) groups excluding carboxylic acids is 1. The monoisotopic (exact) mass is 587 g/mol. The normalized spacial score (nSPS) is 11.7. The molecule has 39 heavy (non-hydrogen) atoms. The topological polar surface area (TPSA) is 138 Å². The van der Waals surface area contributed by atoms with Crippen LogP contribution in [0.1, 0.15) is 29.8 Å². The molecular weight excluding hydrogens is 565 g/mol. The molecule has 0 atom stereocenters. The molecule has 0 aromatic heterocycles. The van der Waals surface area contributed by atoms with Crippen LogP contribution in [0.15, 0.2) is 75.8 Å². The summed E-state index contributed by atoms with van der Waals surface area (Å²) >= 11 is 12.5. The second-order valence-electron chi connectivity index (χ2n) is 8.30. The third-order valence-electron chi connectivity index (χ3n) is 5.78. The maximum atomic E-state index is 13.2. The fourth-order valence-electron chi connectivity index (χ4n) is 3.97. The van der Waals surface area contributed by atoms with Gasteiger partial charge in [-0.2, -0.15) is 13.5 Å². The first-order valence-electron chi connectivity index (χ1n) is 11.7. The van der Waals surface area contributed by atoms with E-state index in [1.807, 2.05) is 6.92 Å². The Bertz CT molecular complexity index is 1720. The zero-order chi connectivity index (χ0) is 28.3. The van der Waals surface area contributed by atoms with Gasteiger partial charge in [0.25, 0.3) is 16.0 Å². The SMILES string of the molecule is CCOc1ccc(NC(=O)c2cc3ccccc3c(N=Nc3cc(Cl)c(CC)c(S(=O)(=O)O)c3)c2O)c(Cl)c1. The van der Waals surface area contributed by atoms with Crippen LogP contribution in [0, 0.1) is 0 Å². The molecule has 4 aromatic rings. The molecule has 4 rings (SSSR count). The van der Waals surface area contributed by atoms with Crippen LogP contribution in [0.2, 0.25) is 10.0 Å². The summed E-state index contributed by atoms with van der Waals surface area (Å²) in [7, 11) is -4.58. The summed E-state index contributed by atoms with van der Waals surface area (Å²) in [4.78, 5) is 12.8. The molecule has 1 amide bonds. The van der Waals surface area contributed by atoms with Crippen molar-refractivity contribution in [2.45, 2.75) is 25.2 Å². The van der Waals surface area contributed by atoms with Crippen LogP contribution in [0.3, 0.4) is 0 Å². The van der Waals surface area contributed by atoms with Crippen LogP contribution in [-0.4, -0.2) is 30.6 Å². The standard InChI is InChI=1S/C27H23Cl2N3O6S/c1-3-18-21(28)12-16(13-24(18)39(35,36)37)31-32-25-19-8-6-5-7-15(19)11-20(26(25)33)27(34)30-23-10-9-17(38-4-2)14-22(23)29/h5-14,33H,3-4H2,1-2H3,(H,30,34)(H,35,36,37). The molecule has 0 aliphatic rings. The van der Waals surface area contributed by atoms with Gasteiger partial charge in [-0.1, -0.05) is 54.4 Å². The van der Waals surface area contributed by atoms with Crippen molar-refractivity contribution in [1.29, 1.82) is 0 Å². The Morgan fingerprint density at radius 3 is 2.41 bits per heavy atom. The van der Waals surface area contributed by atoms with E-state index in [1.54, 1.807) is 49.4 Å². The maximum absolute atomic E-state index is 13.2. The van der Waals surface area contributed by atoms with Crippen molar-refractivity contribution >= 4 is 67.1 Å². The van der Waals surface area contributed by atoms with Gasteiger partial charge in [-0.15, -0.1) is 5.11 Å². The van der Waals surface area contributed by atoms with Crippen LogP contribution in [-0.2, 0) is 16.5 Å². The molecule has 202 valence electrons. The number of nitrogens with zero attached hydrogens (tertiary/aromatic N) is 2. The van der Waals surface area contributed by atoms with Crippen LogP contribution in [0.25, 0.3) is 10.8 Å². The molecule has 0 bridgehead atoms. The molecule has 0 spiro atoms. The molecule has 0 saturated heterocycles. The Morgan fingerprint density at radius 1 is 1.00 bits per heavy atom. The number of hydrogen-bond donors (Lipinski definition) is 3. The smallest absolute Gasteiger partial charge is 0.294 e. The number of benzene rings is 4. The lowest BCUT2D eigenvalue weighted by Gasteiger charge is -2.13. The lowest BCUT2D eigenvalue weighted by Crippen LogP contribution is -2.12. The van der Waals surface area contributed by atoms with E-state index >= 15 is 0 Å². The average molecular weight is 588 g/mol. The molecule has 12 heteroatoms. The maximum Gasteiger partial charge on any atom is 0.294 e. The van der Waals surface area contributed by atoms with E-state index in [4.69, 9.17) is 27.9 Å². The van der Waals surface area contributed by atoms with Gasteiger partial charge in [-0.05, 0) is 54.6 Å². The number of amides is 1. The Morgan fingerprint density at radius 2 is 1.74 bits per heavy atom. The molecule has 0 aliphatic heterocycles. The van der Waals surface area contributed by atoms with Gasteiger partial charge in [0, 0.05) is 16.5 Å². The van der Waals surface area contributed by atoms with Gasteiger partial charge in [0.1, 0.15) is 16.3 Å². The highest BCUT2D eigenvalue weighted by Crippen LogP contribution is 2.40. The van der Waals surface area contributed by atoms with Gasteiger partial charge >= 0.3 is 0 Å². The third kappa shape index (κ3) is 6.15. The molecule has 4 aromatic carbocycles. The number of phenols is 1. The van der Waals surface area contributed by atoms with E-state index in [0.29, 0.717) is 28.8 Å².